The van der Waals surface area contributed by atoms with E-state index in [1.165, 1.54) is 0 Å². The molecule has 1 N–H and O–H groups in total. The van der Waals surface area contributed by atoms with Gasteiger partial charge in [-0.1, -0.05) is 18.2 Å². The first kappa shape index (κ1) is 13.6. The molecule has 3 heterocycles. The highest BCUT2D eigenvalue weighted by atomic mass is 16.2. The van der Waals surface area contributed by atoms with E-state index in [9.17, 15) is 4.79 Å². The number of benzene rings is 1. The van der Waals surface area contributed by atoms with Crippen LogP contribution in [0.5, 0.6) is 0 Å². The van der Waals surface area contributed by atoms with Gasteiger partial charge in [-0.25, -0.2) is 0 Å². The maximum atomic E-state index is 12.4. The number of quaternary nitrogens is 1. The van der Waals surface area contributed by atoms with Gasteiger partial charge in [-0.3, -0.25) is 9.69 Å². The molecule has 1 amide bonds. The third kappa shape index (κ3) is 2.58. The van der Waals surface area contributed by atoms with Gasteiger partial charge in [0, 0.05) is 25.3 Å². The zero-order valence-corrected chi connectivity index (χ0v) is 12.5. The molecule has 0 aliphatic carbocycles. The number of amides is 1. The molecule has 0 saturated carbocycles. The summed E-state index contributed by atoms with van der Waals surface area (Å²) in [6.45, 7) is 11.6. The van der Waals surface area contributed by atoms with Crippen LogP contribution in [-0.2, 0) is 4.79 Å². The molecule has 2 bridgehead atoms. The molecule has 0 spiro atoms. The molecule has 1 aromatic carbocycles. The van der Waals surface area contributed by atoms with Gasteiger partial charge in [-0.2, -0.15) is 0 Å². The largest absolute Gasteiger partial charge is 0.321 e. The Morgan fingerprint density at radius 1 is 1.15 bits per heavy atom. The summed E-state index contributed by atoms with van der Waals surface area (Å²) in [6, 6.07) is 6.13. The lowest BCUT2D eigenvalue weighted by Gasteiger charge is -2.50. The molecule has 20 heavy (non-hydrogen) atoms. The Labute approximate surface area is 121 Å². The van der Waals surface area contributed by atoms with Crippen molar-refractivity contribution in [2.45, 2.75) is 13.8 Å². The first-order valence-electron chi connectivity index (χ1n) is 7.52. The highest BCUT2D eigenvalue weighted by molar-refractivity contribution is 5.93. The van der Waals surface area contributed by atoms with Crippen molar-refractivity contribution in [3.05, 3.63) is 29.3 Å². The van der Waals surface area contributed by atoms with Crippen LogP contribution in [0.1, 0.15) is 11.1 Å². The van der Waals surface area contributed by atoms with Gasteiger partial charge in [0.2, 0.25) is 0 Å². The summed E-state index contributed by atoms with van der Waals surface area (Å²) in [5, 5.41) is 3.13. The summed E-state index contributed by atoms with van der Waals surface area (Å²) in [7, 11) is 0. The first-order valence-corrected chi connectivity index (χ1v) is 7.52. The van der Waals surface area contributed by atoms with Crippen LogP contribution < -0.4 is 5.32 Å². The Hall–Kier alpha value is -1.39. The Morgan fingerprint density at radius 3 is 2.25 bits per heavy atom. The molecule has 0 aromatic heterocycles. The van der Waals surface area contributed by atoms with Crippen LogP contribution in [0.15, 0.2) is 18.2 Å². The average molecular weight is 274 g/mol. The number of nitrogens with zero attached hydrogens (tertiary/aromatic N) is 2. The second-order valence-electron chi connectivity index (χ2n) is 6.33. The maximum absolute atomic E-state index is 12.4. The number of rotatable bonds is 3. The van der Waals surface area contributed by atoms with Crippen molar-refractivity contribution in [1.29, 1.82) is 0 Å². The zero-order chi connectivity index (χ0) is 14.2. The molecular formula is C16H24N3O+. The number of carbonyl (C=O) groups is 1. The van der Waals surface area contributed by atoms with Crippen LogP contribution in [0.3, 0.4) is 0 Å². The van der Waals surface area contributed by atoms with Crippen molar-refractivity contribution in [3.8, 4) is 0 Å². The molecule has 3 aliphatic heterocycles. The molecule has 1 aromatic rings. The molecule has 0 atom stereocenters. The van der Waals surface area contributed by atoms with Crippen molar-refractivity contribution >= 4 is 11.6 Å². The standard InChI is InChI=1S/C16H23N3O/c1-13-4-3-5-14(2)16(13)17-15(20)12-19-9-6-18(7-10-19)8-11-19/h3-5H,6-12H2,1-2H3/p+1. The molecule has 3 fully saturated rings. The van der Waals surface area contributed by atoms with Crippen LogP contribution in [0.25, 0.3) is 0 Å². The van der Waals surface area contributed by atoms with Crippen LogP contribution in [0.2, 0.25) is 0 Å². The highest BCUT2D eigenvalue weighted by Crippen LogP contribution is 2.22. The van der Waals surface area contributed by atoms with Crippen LogP contribution in [0.4, 0.5) is 5.69 Å². The molecule has 3 aliphatic rings. The van der Waals surface area contributed by atoms with Gasteiger partial charge < -0.3 is 9.80 Å². The first-order chi connectivity index (χ1) is 9.58. The number of hydrogen-bond acceptors (Lipinski definition) is 2. The summed E-state index contributed by atoms with van der Waals surface area (Å²) in [5.74, 6) is 0.165. The van der Waals surface area contributed by atoms with E-state index >= 15 is 0 Å². The third-order valence-corrected chi connectivity index (χ3v) is 4.90. The lowest BCUT2D eigenvalue weighted by atomic mass is 10.1. The summed E-state index contributed by atoms with van der Waals surface area (Å²) in [4.78, 5) is 14.9. The lowest BCUT2D eigenvalue weighted by Crippen LogP contribution is -2.68. The fraction of sp³-hybridized carbons (Fsp3) is 0.562. The van der Waals surface area contributed by atoms with Gasteiger partial charge in [0.25, 0.3) is 5.91 Å². The molecule has 3 saturated heterocycles. The van der Waals surface area contributed by atoms with E-state index in [4.69, 9.17) is 0 Å². The number of hydrogen-bond donors (Lipinski definition) is 1. The molecule has 0 radical (unpaired) electrons. The van der Waals surface area contributed by atoms with E-state index in [0.717, 1.165) is 60.6 Å². The van der Waals surface area contributed by atoms with Gasteiger partial charge in [0.05, 0.1) is 19.6 Å². The molecule has 4 heteroatoms. The van der Waals surface area contributed by atoms with E-state index in [0.29, 0.717) is 6.54 Å². The van der Waals surface area contributed by atoms with Crippen molar-refractivity contribution in [3.63, 3.8) is 0 Å². The number of nitrogens with one attached hydrogen (secondary N) is 1. The van der Waals surface area contributed by atoms with Crippen molar-refractivity contribution in [1.82, 2.24) is 4.90 Å². The highest BCUT2D eigenvalue weighted by Gasteiger charge is 2.39. The van der Waals surface area contributed by atoms with Crippen LogP contribution >= 0.6 is 0 Å². The van der Waals surface area contributed by atoms with E-state index in [-0.39, 0.29) is 5.91 Å². The molecule has 0 unspecified atom stereocenters. The van der Waals surface area contributed by atoms with Gasteiger partial charge in [-0.05, 0) is 25.0 Å². The van der Waals surface area contributed by atoms with Gasteiger partial charge in [-0.15, -0.1) is 0 Å². The number of aryl methyl sites for hydroxylation is 2. The van der Waals surface area contributed by atoms with E-state index in [1.54, 1.807) is 0 Å². The topological polar surface area (TPSA) is 32.3 Å². The summed E-state index contributed by atoms with van der Waals surface area (Å²) < 4.78 is 0.979. The normalized spacial score (nSPS) is 28.4. The molecule has 4 nitrogen and oxygen atoms in total. The smallest absolute Gasteiger partial charge is 0.279 e. The van der Waals surface area contributed by atoms with Gasteiger partial charge in [0.15, 0.2) is 6.54 Å². The molecular weight excluding hydrogens is 250 g/mol. The average Bonchev–Trinajstić information content (AvgIpc) is 2.44. The number of piperazine rings is 3. The van der Waals surface area contributed by atoms with Gasteiger partial charge in [0.1, 0.15) is 0 Å². The van der Waals surface area contributed by atoms with Crippen molar-refractivity contribution in [2.24, 2.45) is 0 Å². The lowest BCUT2D eigenvalue weighted by molar-refractivity contribution is -0.933. The summed E-state index contributed by atoms with van der Waals surface area (Å²) in [5.41, 5.74) is 3.27. The number of para-hydroxylation sites is 1. The van der Waals surface area contributed by atoms with Crippen molar-refractivity contribution < 1.29 is 9.28 Å². The van der Waals surface area contributed by atoms with E-state index in [1.807, 2.05) is 6.07 Å². The predicted molar refractivity (Wildman–Crippen MR) is 80.7 cm³/mol. The van der Waals surface area contributed by atoms with Crippen molar-refractivity contribution in [2.75, 3.05) is 51.1 Å². The SMILES string of the molecule is Cc1cccc(C)c1NC(=O)C[N+]12CCN(CC1)CC2. The second kappa shape index (κ2) is 5.19. The Kier molecular flexibility index (Phi) is 3.52. The number of fused-ring (bicyclic) bond motifs is 3. The zero-order valence-electron chi connectivity index (χ0n) is 12.5. The minimum absolute atomic E-state index is 0.165. The maximum Gasteiger partial charge on any atom is 0.279 e. The monoisotopic (exact) mass is 274 g/mol. The Bertz CT molecular complexity index is 484. The Morgan fingerprint density at radius 2 is 1.70 bits per heavy atom. The quantitative estimate of drug-likeness (QED) is 0.845. The Balaban J connectivity index is 1.68. The van der Waals surface area contributed by atoms with Crippen LogP contribution in [0, 0.1) is 13.8 Å². The third-order valence-electron chi connectivity index (χ3n) is 4.90. The number of carbonyl (C=O) groups excluding carboxylic acids is 1. The van der Waals surface area contributed by atoms with Crippen LogP contribution in [-0.4, -0.2) is 61.1 Å². The van der Waals surface area contributed by atoms with E-state index in [2.05, 4.69) is 36.2 Å². The molecule has 108 valence electrons. The van der Waals surface area contributed by atoms with E-state index < -0.39 is 0 Å². The number of anilines is 1. The summed E-state index contributed by atoms with van der Waals surface area (Å²) in [6.07, 6.45) is 0. The fourth-order valence-electron chi connectivity index (χ4n) is 3.46. The van der Waals surface area contributed by atoms with Gasteiger partial charge >= 0.3 is 0 Å². The minimum atomic E-state index is 0.165. The fourth-order valence-corrected chi connectivity index (χ4v) is 3.46. The molecule has 4 rings (SSSR count). The second-order valence-corrected chi connectivity index (χ2v) is 6.33. The summed E-state index contributed by atoms with van der Waals surface area (Å²) >= 11 is 0. The predicted octanol–water partition coefficient (Wildman–Crippen LogP) is 1.39. The minimum Gasteiger partial charge on any atom is -0.321 e.